The normalized spacial score (nSPS) is 18.5. The molecule has 0 spiro atoms. The SMILES string of the molecule is C/C=C1\C(=NC)NC(C2=CC=C(CN)CC2)=C1Sc1ccccc1.CC.CCl. The smallest absolute Gasteiger partial charge is 0.133 e. The second kappa shape index (κ2) is 13.4. The molecule has 0 saturated heterocycles. The van der Waals surface area contributed by atoms with E-state index in [9.17, 15) is 0 Å². The first-order chi connectivity index (χ1) is 13.8. The molecule has 3 rings (SSSR count). The van der Waals surface area contributed by atoms with E-state index in [1.54, 1.807) is 11.8 Å². The highest BCUT2D eigenvalue weighted by molar-refractivity contribution is 8.03. The van der Waals surface area contributed by atoms with Gasteiger partial charge in [-0.15, -0.1) is 11.6 Å². The predicted molar refractivity (Wildman–Crippen MR) is 127 cm³/mol. The molecule has 0 bridgehead atoms. The van der Waals surface area contributed by atoms with Gasteiger partial charge in [-0.05, 0) is 37.5 Å². The Bertz CT molecular complexity index is 774. The lowest BCUT2D eigenvalue weighted by Crippen LogP contribution is -2.19. The fraction of sp³-hybridized carbons (Fsp3) is 0.348. The van der Waals surface area contributed by atoms with Gasteiger partial charge in [0, 0.05) is 35.3 Å². The largest absolute Gasteiger partial charge is 0.339 e. The second-order valence-electron chi connectivity index (χ2n) is 5.74. The third-order valence-electron chi connectivity index (χ3n) is 4.26. The number of hydrogen-bond donors (Lipinski definition) is 2. The maximum absolute atomic E-state index is 5.76. The van der Waals surface area contributed by atoms with Crippen LogP contribution >= 0.6 is 23.4 Å². The van der Waals surface area contributed by atoms with Crippen LogP contribution in [0.1, 0.15) is 33.6 Å². The van der Waals surface area contributed by atoms with Gasteiger partial charge < -0.3 is 11.1 Å². The summed E-state index contributed by atoms with van der Waals surface area (Å²) in [6.45, 7) is 6.71. The molecule has 0 radical (unpaired) electrons. The lowest BCUT2D eigenvalue weighted by Gasteiger charge is -2.16. The van der Waals surface area contributed by atoms with E-state index < -0.39 is 0 Å². The van der Waals surface area contributed by atoms with Gasteiger partial charge in [-0.3, -0.25) is 4.99 Å². The topological polar surface area (TPSA) is 50.4 Å². The number of aliphatic imine (C=N–C) groups is 1. The molecule has 0 fully saturated rings. The van der Waals surface area contributed by atoms with Crippen LogP contribution in [0.5, 0.6) is 0 Å². The zero-order valence-corrected chi connectivity index (χ0v) is 19.1. The van der Waals surface area contributed by atoms with Gasteiger partial charge in [0.25, 0.3) is 0 Å². The fourth-order valence-electron chi connectivity index (χ4n) is 2.93. The fourth-order valence-corrected chi connectivity index (χ4v) is 4.06. The Morgan fingerprint density at radius 3 is 2.32 bits per heavy atom. The van der Waals surface area contributed by atoms with Crippen molar-refractivity contribution in [2.75, 3.05) is 20.0 Å². The molecule has 3 nitrogen and oxygen atoms in total. The van der Waals surface area contributed by atoms with Crippen molar-refractivity contribution in [3.8, 4) is 0 Å². The summed E-state index contributed by atoms with van der Waals surface area (Å²) < 4.78 is 0. The standard InChI is InChI=1S/C20H23N3S.C2H6.CH3Cl/c1-3-17-19(24-16-7-5-4-6-8-16)18(23-20(17)22-2)15-11-9-14(13-21)10-12-15;2*1-2/h3-9,11H,10,12-13,21H2,1-2H3,(H,22,23);1-2H3;1H3/b17-3-;;. The van der Waals surface area contributed by atoms with Gasteiger partial charge in [-0.1, -0.05) is 67.6 Å². The summed E-state index contributed by atoms with van der Waals surface area (Å²) in [7, 11) is 1.83. The molecular formula is C23H32ClN3S. The number of allylic oxidation sites excluding steroid dienone is 4. The second-order valence-corrected chi connectivity index (χ2v) is 6.82. The van der Waals surface area contributed by atoms with Gasteiger partial charge in [0.1, 0.15) is 5.84 Å². The molecule has 1 aliphatic heterocycles. The number of amidine groups is 1. The third kappa shape index (κ3) is 6.13. The van der Waals surface area contributed by atoms with Crippen LogP contribution in [0, 0.1) is 0 Å². The van der Waals surface area contributed by atoms with Crippen molar-refractivity contribution in [1.82, 2.24) is 5.32 Å². The highest BCUT2D eigenvalue weighted by Crippen LogP contribution is 2.41. The number of hydrogen-bond acceptors (Lipinski definition) is 3. The summed E-state index contributed by atoms with van der Waals surface area (Å²) in [5.41, 5.74) is 10.8. The first-order valence-corrected chi connectivity index (χ1v) is 11.2. The van der Waals surface area contributed by atoms with Gasteiger partial charge in [0.05, 0.1) is 5.70 Å². The number of nitrogens with two attached hydrogens (primary N) is 1. The first kappa shape index (κ1) is 24.3. The van der Waals surface area contributed by atoms with E-state index in [0.29, 0.717) is 6.54 Å². The number of thioether (sulfide) groups is 1. The molecule has 1 aromatic rings. The van der Waals surface area contributed by atoms with E-state index in [2.05, 4.69) is 71.3 Å². The molecule has 0 amide bonds. The van der Waals surface area contributed by atoms with Crippen LogP contribution in [0.4, 0.5) is 0 Å². The Labute approximate surface area is 179 Å². The molecule has 1 aliphatic carbocycles. The number of benzene rings is 1. The molecule has 5 heteroatoms. The minimum absolute atomic E-state index is 0.643. The van der Waals surface area contributed by atoms with E-state index in [4.69, 9.17) is 5.73 Å². The molecule has 1 heterocycles. The maximum Gasteiger partial charge on any atom is 0.133 e. The Morgan fingerprint density at radius 2 is 1.82 bits per heavy atom. The van der Waals surface area contributed by atoms with Crippen LogP contribution in [0.2, 0.25) is 0 Å². The highest BCUT2D eigenvalue weighted by Gasteiger charge is 2.28. The van der Waals surface area contributed by atoms with E-state index in [1.807, 2.05) is 27.0 Å². The molecule has 0 unspecified atom stereocenters. The number of halogens is 1. The van der Waals surface area contributed by atoms with Crippen LogP contribution in [-0.2, 0) is 0 Å². The van der Waals surface area contributed by atoms with Crippen molar-refractivity contribution < 1.29 is 0 Å². The Balaban J connectivity index is 0.000000921. The molecular weight excluding hydrogens is 386 g/mol. The Hall–Kier alpha value is -1.75. The van der Waals surface area contributed by atoms with Crippen molar-refractivity contribution in [1.29, 1.82) is 0 Å². The quantitative estimate of drug-likeness (QED) is 0.586. The lowest BCUT2D eigenvalue weighted by atomic mass is 9.96. The molecule has 2 aliphatic rings. The zero-order valence-electron chi connectivity index (χ0n) is 17.6. The van der Waals surface area contributed by atoms with Crippen LogP contribution in [0.15, 0.2) is 85.8 Å². The van der Waals surface area contributed by atoms with Crippen molar-refractivity contribution in [2.45, 2.75) is 38.5 Å². The number of nitrogens with one attached hydrogen (secondary N) is 1. The van der Waals surface area contributed by atoms with Gasteiger partial charge in [0.2, 0.25) is 0 Å². The summed E-state index contributed by atoms with van der Waals surface area (Å²) in [5, 5.41) is 3.53. The van der Waals surface area contributed by atoms with Gasteiger partial charge >= 0.3 is 0 Å². The molecule has 1 aromatic carbocycles. The van der Waals surface area contributed by atoms with Crippen molar-refractivity contribution in [2.24, 2.45) is 10.7 Å². The van der Waals surface area contributed by atoms with Crippen molar-refractivity contribution in [3.63, 3.8) is 0 Å². The molecule has 0 saturated carbocycles. The zero-order chi connectivity index (χ0) is 20.9. The van der Waals surface area contributed by atoms with Gasteiger partial charge in [-0.25, -0.2) is 0 Å². The minimum atomic E-state index is 0.643. The summed E-state index contributed by atoms with van der Waals surface area (Å²) in [4.78, 5) is 6.91. The Kier molecular flexibility index (Phi) is 11.7. The summed E-state index contributed by atoms with van der Waals surface area (Å²) in [5.74, 6) is 0.945. The van der Waals surface area contributed by atoms with Gasteiger partial charge in [-0.2, -0.15) is 0 Å². The number of alkyl halides is 1. The molecule has 0 aromatic heterocycles. The highest BCUT2D eigenvalue weighted by atomic mass is 35.5. The van der Waals surface area contributed by atoms with Crippen molar-refractivity contribution in [3.05, 3.63) is 75.9 Å². The van der Waals surface area contributed by atoms with E-state index >= 15 is 0 Å². The number of nitrogens with zero attached hydrogens (tertiary/aromatic N) is 1. The van der Waals surface area contributed by atoms with E-state index in [-0.39, 0.29) is 0 Å². The van der Waals surface area contributed by atoms with Crippen LogP contribution < -0.4 is 11.1 Å². The van der Waals surface area contributed by atoms with Crippen LogP contribution in [0.25, 0.3) is 0 Å². The molecule has 28 heavy (non-hydrogen) atoms. The van der Waals surface area contributed by atoms with Crippen LogP contribution in [0.3, 0.4) is 0 Å². The van der Waals surface area contributed by atoms with Crippen molar-refractivity contribution >= 4 is 29.2 Å². The number of rotatable bonds is 4. The van der Waals surface area contributed by atoms with E-state index in [0.717, 1.165) is 18.7 Å². The minimum Gasteiger partial charge on any atom is -0.339 e. The molecule has 0 atom stereocenters. The summed E-state index contributed by atoms with van der Waals surface area (Å²) >= 11 is 6.43. The molecule has 3 N–H and O–H groups in total. The lowest BCUT2D eigenvalue weighted by molar-refractivity contribution is 0.867. The first-order valence-electron chi connectivity index (χ1n) is 9.61. The van der Waals surface area contributed by atoms with Crippen LogP contribution in [-0.4, -0.2) is 25.8 Å². The molecule has 152 valence electrons. The maximum atomic E-state index is 5.76. The van der Waals surface area contributed by atoms with Gasteiger partial charge in [0.15, 0.2) is 0 Å². The van der Waals surface area contributed by atoms with E-state index in [1.165, 1.54) is 38.6 Å². The summed E-state index contributed by atoms with van der Waals surface area (Å²) in [6.07, 6.45) is 10.0. The average Bonchev–Trinajstić information content (AvgIpc) is 3.14. The average molecular weight is 418 g/mol. The monoisotopic (exact) mass is 417 g/mol. The third-order valence-corrected chi connectivity index (χ3v) is 5.40. The predicted octanol–water partition coefficient (Wildman–Crippen LogP) is 6.05. The summed E-state index contributed by atoms with van der Waals surface area (Å²) in [6, 6.07) is 10.5. The Morgan fingerprint density at radius 1 is 1.14 bits per heavy atom.